The van der Waals surface area contributed by atoms with Gasteiger partial charge in [0.2, 0.25) is 5.91 Å². The normalized spacial score (nSPS) is 13.9. The Morgan fingerprint density at radius 1 is 0.941 bits per heavy atom. The SMILES string of the molecule is CCOC(CNC(=O)C(CC)CNC(=O)OCC1c2ccccc2-c2ccccc21)CC(=O)O. The van der Waals surface area contributed by atoms with Gasteiger partial charge < -0.3 is 25.2 Å². The van der Waals surface area contributed by atoms with E-state index in [4.69, 9.17) is 14.6 Å². The molecule has 2 aromatic rings. The Hall–Kier alpha value is -3.39. The fraction of sp³-hybridized carbons (Fsp3) is 0.423. The summed E-state index contributed by atoms with van der Waals surface area (Å²) in [6, 6.07) is 16.2. The zero-order chi connectivity index (χ0) is 24.5. The van der Waals surface area contributed by atoms with E-state index in [9.17, 15) is 14.4 Å². The van der Waals surface area contributed by atoms with Crippen LogP contribution in [0.2, 0.25) is 0 Å². The summed E-state index contributed by atoms with van der Waals surface area (Å²) < 4.78 is 10.9. The van der Waals surface area contributed by atoms with Crippen LogP contribution >= 0.6 is 0 Å². The van der Waals surface area contributed by atoms with E-state index in [0.717, 1.165) is 22.3 Å². The van der Waals surface area contributed by atoms with E-state index in [-0.39, 0.29) is 37.9 Å². The Bertz CT molecular complexity index is 963. The molecule has 34 heavy (non-hydrogen) atoms. The second-order valence-corrected chi connectivity index (χ2v) is 8.23. The number of carbonyl (C=O) groups is 3. The Labute approximate surface area is 199 Å². The summed E-state index contributed by atoms with van der Waals surface area (Å²) in [4.78, 5) is 35.8. The zero-order valence-electron chi connectivity index (χ0n) is 19.6. The molecule has 8 heteroatoms. The van der Waals surface area contributed by atoms with Crippen LogP contribution in [0.3, 0.4) is 0 Å². The number of hydrogen-bond donors (Lipinski definition) is 3. The number of nitrogens with one attached hydrogen (secondary N) is 2. The Balaban J connectivity index is 1.49. The molecular formula is C26H32N2O6. The lowest BCUT2D eigenvalue weighted by molar-refractivity contribution is -0.140. The van der Waals surface area contributed by atoms with Crippen LogP contribution in [0.5, 0.6) is 0 Å². The molecule has 1 aliphatic rings. The minimum atomic E-state index is -0.989. The number of aliphatic carboxylic acids is 1. The van der Waals surface area contributed by atoms with Gasteiger partial charge in [0.15, 0.2) is 0 Å². The van der Waals surface area contributed by atoms with Crippen molar-refractivity contribution in [1.29, 1.82) is 0 Å². The van der Waals surface area contributed by atoms with Crippen LogP contribution in [-0.2, 0) is 19.1 Å². The summed E-state index contributed by atoms with van der Waals surface area (Å²) in [5.74, 6) is -1.76. The van der Waals surface area contributed by atoms with E-state index in [0.29, 0.717) is 13.0 Å². The summed E-state index contributed by atoms with van der Waals surface area (Å²) in [6.07, 6.45) is -0.860. The maximum absolute atomic E-state index is 12.5. The van der Waals surface area contributed by atoms with E-state index in [2.05, 4.69) is 34.9 Å². The van der Waals surface area contributed by atoms with Crippen LogP contribution in [0, 0.1) is 5.92 Å². The second kappa shape index (κ2) is 12.2. The van der Waals surface area contributed by atoms with E-state index in [1.54, 1.807) is 6.92 Å². The van der Waals surface area contributed by atoms with Crippen molar-refractivity contribution in [2.24, 2.45) is 5.92 Å². The lowest BCUT2D eigenvalue weighted by Crippen LogP contribution is -2.42. The highest BCUT2D eigenvalue weighted by atomic mass is 16.5. The fourth-order valence-electron chi connectivity index (χ4n) is 4.26. The van der Waals surface area contributed by atoms with Gasteiger partial charge in [0.1, 0.15) is 6.61 Å². The number of ether oxygens (including phenoxy) is 2. The van der Waals surface area contributed by atoms with Crippen molar-refractivity contribution in [3.63, 3.8) is 0 Å². The first kappa shape index (κ1) is 25.2. The number of rotatable bonds is 12. The third kappa shape index (κ3) is 6.35. The maximum Gasteiger partial charge on any atom is 0.407 e. The predicted molar refractivity (Wildman–Crippen MR) is 128 cm³/mol. The Kier molecular flexibility index (Phi) is 9.04. The first-order valence-electron chi connectivity index (χ1n) is 11.6. The third-order valence-corrected chi connectivity index (χ3v) is 6.01. The van der Waals surface area contributed by atoms with Gasteiger partial charge in [-0.05, 0) is 35.6 Å². The highest BCUT2D eigenvalue weighted by molar-refractivity contribution is 5.80. The highest BCUT2D eigenvalue weighted by Gasteiger charge is 2.29. The molecule has 0 saturated carbocycles. The van der Waals surface area contributed by atoms with Crippen molar-refractivity contribution in [3.05, 3.63) is 59.7 Å². The molecule has 1 aliphatic carbocycles. The average molecular weight is 469 g/mol. The van der Waals surface area contributed by atoms with Gasteiger partial charge in [0, 0.05) is 25.6 Å². The van der Waals surface area contributed by atoms with Crippen molar-refractivity contribution >= 4 is 18.0 Å². The van der Waals surface area contributed by atoms with Gasteiger partial charge in [-0.2, -0.15) is 0 Å². The molecule has 3 rings (SSSR count). The van der Waals surface area contributed by atoms with Crippen molar-refractivity contribution in [2.75, 3.05) is 26.3 Å². The minimum absolute atomic E-state index is 0.0341. The van der Waals surface area contributed by atoms with Crippen molar-refractivity contribution in [3.8, 4) is 11.1 Å². The molecule has 0 heterocycles. The number of carbonyl (C=O) groups excluding carboxylic acids is 2. The summed E-state index contributed by atoms with van der Waals surface area (Å²) >= 11 is 0. The van der Waals surface area contributed by atoms with Gasteiger partial charge >= 0.3 is 12.1 Å². The molecule has 0 fully saturated rings. The van der Waals surface area contributed by atoms with Crippen LogP contribution < -0.4 is 10.6 Å². The maximum atomic E-state index is 12.5. The van der Waals surface area contributed by atoms with Crippen LogP contribution in [0.25, 0.3) is 11.1 Å². The van der Waals surface area contributed by atoms with Gasteiger partial charge in [-0.25, -0.2) is 4.79 Å². The molecule has 0 bridgehead atoms. The third-order valence-electron chi connectivity index (χ3n) is 6.01. The molecular weight excluding hydrogens is 436 g/mol. The summed E-state index contributed by atoms with van der Waals surface area (Å²) in [6.45, 7) is 4.39. The molecule has 2 aromatic carbocycles. The number of amides is 2. The number of benzene rings is 2. The predicted octanol–water partition coefficient (Wildman–Crippen LogP) is 3.55. The van der Waals surface area contributed by atoms with Crippen molar-refractivity contribution in [2.45, 2.75) is 38.7 Å². The standard InChI is InChI=1S/C26H32N2O6/c1-3-17(25(31)27-15-18(33-4-2)13-24(29)30)14-28-26(32)34-16-23-21-11-7-5-9-19(21)20-10-6-8-12-22(20)23/h5-12,17-18,23H,3-4,13-16H2,1-2H3,(H,27,31)(H,28,32)(H,29,30). The number of carboxylic acid groups (broad SMARTS) is 1. The van der Waals surface area contributed by atoms with Crippen LogP contribution in [-0.4, -0.2) is 55.5 Å². The molecule has 2 amide bonds. The second-order valence-electron chi connectivity index (χ2n) is 8.23. The van der Waals surface area contributed by atoms with Gasteiger partial charge in [-0.3, -0.25) is 9.59 Å². The van der Waals surface area contributed by atoms with E-state index < -0.39 is 24.1 Å². The fourth-order valence-corrected chi connectivity index (χ4v) is 4.26. The van der Waals surface area contributed by atoms with Gasteiger partial charge in [-0.15, -0.1) is 0 Å². The van der Waals surface area contributed by atoms with Crippen molar-refractivity contribution in [1.82, 2.24) is 10.6 Å². The molecule has 0 aromatic heterocycles. The molecule has 3 N–H and O–H groups in total. The molecule has 0 radical (unpaired) electrons. The first-order chi connectivity index (χ1) is 16.4. The largest absolute Gasteiger partial charge is 0.481 e. The van der Waals surface area contributed by atoms with Gasteiger partial charge in [0.05, 0.1) is 18.4 Å². The molecule has 0 saturated heterocycles. The lowest BCUT2D eigenvalue weighted by Gasteiger charge is -2.20. The average Bonchev–Trinajstić information content (AvgIpc) is 3.15. The van der Waals surface area contributed by atoms with E-state index >= 15 is 0 Å². The topological polar surface area (TPSA) is 114 Å². The van der Waals surface area contributed by atoms with E-state index in [1.165, 1.54) is 0 Å². The molecule has 182 valence electrons. The number of hydrogen-bond acceptors (Lipinski definition) is 5. The van der Waals surface area contributed by atoms with Crippen LogP contribution in [0.15, 0.2) is 48.5 Å². The number of carboxylic acids is 1. The molecule has 0 spiro atoms. The first-order valence-corrected chi connectivity index (χ1v) is 11.6. The Morgan fingerprint density at radius 2 is 1.56 bits per heavy atom. The van der Waals surface area contributed by atoms with Gasteiger partial charge in [-0.1, -0.05) is 55.5 Å². The number of alkyl carbamates (subject to hydrolysis) is 1. The summed E-state index contributed by atoms with van der Waals surface area (Å²) in [5, 5.41) is 14.4. The lowest BCUT2D eigenvalue weighted by atomic mass is 9.98. The minimum Gasteiger partial charge on any atom is -0.481 e. The smallest absolute Gasteiger partial charge is 0.407 e. The van der Waals surface area contributed by atoms with E-state index in [1.807, 2.05) is 31.2 Å². The zero-order valence-corrected chi connectivity index (χ0v) is 19.6. The summed E-state index contributed by atoms with van der Waals surface area (Å²) in [5.41, 5.74) is 4.58. The molecule has 2 atom stereocenters. The Morgan fingerprint density at radius 3 is 2.12 bits per heavy atom. The highest BCUT2D eigenvalue weighted by Crippen LogP contribution is 2.44. The quantitative estimate of drug-likeness (QED) is 0.439. The van der Waals surface area contributed by atoms with Crippen LogP contribution in [0.1, 0.15) is 43.7 Å². The molecule has 8 nitrogen and oxygen atoms in total. The number of fused-ring (bicyclic) bond motifs is 3. The molecule has 2 unspecified atom stereocenters. The monoisotopic (exact) mass is 468 g/mol. The summed E-state index contributed by atoms with van der Waals surface area (Å²) in [7, 11) is 0. The van der Waals surface area contributed by atoms with Crippen molar-refractivity contribution < 1.29 is 29.0 Å². The van der Waals surface area contributed by atoms with Crippen LogP contribution in [0.4, 0.5) is 4.79 Å². The van der Waals surface area contributed by atoms with Gasteiger partial charge in [0.25, 0.3) is 0 Å². The molecule has 0 aliphatic heterocycles.